The van der Waals surface area contributed by atoms with Gasteiger partial charge in [-0.05, 0) is 12.8 Å². The van der Waals surface area contributed by atoms with Crippen LogP contribution in [0.4, 0.5) is 0 Å². The van der Waals surface area contributed by atoms with E-state index < -0.39 is 15.4 Å². The van der Waals surface area contributed by atoms with Crippen molar-refractivity contribution in [2.45, 2.75) is 18.4 Å². The number of hydrogen-bond acceptors (Lipinski definition) is 5. The molecule has 1 heterocycles. The van der Waals surface area contributed by atoms with Crippen molar-refractivity contribution in [1.29, 1.82) is 0 Å². The standard InChI is InChI=1S/C9H19NO4S/c1-14-5-4-10-7-9(11)3-2-6-15(12,13)8-9/h10-11H,2-8H2,1H3. The van der Waals surface area contributed by atoms with E-state index in [0.29, 0.717) is 32.5 Å². The third-order valence-electron chi connectivity index (χ3n) is 2.52. The molecule has 5 nitrogen and oxygen atoms in total. The average molecular weight is 237 g/mol. The van der Waals surface area contributed by atoms with Crippen LogP contribution in [0.15, 0.2) is 0 Å². The number of methoxy groups -OCH3 is 1. The van der Waals surface area contributed by atoms with E-state index >= 15 is 0 Å². The van der Waals surface area contributed by atoms with Gasteiger partial charge in [-0.15, -0.1) is 0 Å². The number of sulfone groups is 1. The van der Waals surface area contributed by atoms with Crippen LogP contribution < -0.4 is 5.32 Å². The Kier molecular flexibility index (Phi) is 4.51. The maximum absolute atomic E-state index is 11.3. The predicted molar refractivity (Wildman–Crippen MR) is 57.6 cm³/mol. The maximum Gasteiger partial charge on any atom is 0.153 e. The maximum atomic E-state index is 11.3. The molecular weight excluding hydrogens is 218 g/mol. The van der Waals surface area contributed by atoms with Crippen molar-refractivity contribution in [2.75, 3.05) is 38.3 Å². The van der Waals surface area contributed by atoms with Gasteiger partial charge in [0.2, 0.25) is 0 Å². The number of aliphatic hydroxyl groups is 1. The second-order valence-electron chi connectivity index (χ2n) is 4.09. The molecule has 0 aliphatic carbocycles. The number of nitrogens with one attached hydrogen (secondary N) is 1. The number of hydrogen-bond donors (Lipinski definition) is 2. The fourth-order valence-corrected chi connectivity index (χ4v) is 3.60. The van der Waals surface area contributed by atoms with Crippen LogP contribution in [0, 0.1) is 0 Å². The summed E-state index contributed by atoms with van der Waals surface area (Å²) in [4.78, 5) is 0. The Morgan fingerprint density at radius 3 is 2.87 bits per heavy atom. The fraction of sp³-hybridized carbons (Fsp3) is 1.00. The summed E-state index contributed by atoms with van der Waals surface area (Å²) in [6.07, 6.45) is 1.09. The van der Waals surface area contributed by atoms with E-state index in [1.165, 1.54) is 0 Å². The molecule has 0 aromatic rings. The molecule has 1 fully saturated rings. The largest absolute Gasteiger partial charge is 0.388 e. The van der Waals surface area contributed by atoms with Gasteiger partial charge in [0.1, 0.15) is 0 Å². The van der Waals surface area contributed by atoms with Crippen molar-refractivity contribution >= 4 is 9.84 Å². The Hall–Kier alpha value is -0.170. The molecule has 0 radical (unpaired) electrons. The Balaban J connectivity index is 2.38. The van der Waals surface area contributed by atoms with E-state index in [9.17, 15) is 13.5 Å². The smallest absolute Gasteiger partial charge is 0.153 e. The van der Waals surface area contributed by atoms with Crippen LogP contribution in [-0.2, 0) is 14.6 Å². The molecule has 0 aromatic carbocycles. The van der Waals surface area contributed by atoms with E-state index in [4.69, 9.17) is 4.74 Å². The Morgan fingerprint density at radius 2 is 2.27 bits per heavy atom. The lowest BCUT2D eigenvalue weighted by Crippen LogP contribution is -2.49. The third kappa shape index (κ3) is 4.46. The van der Waals surface area contributed by atoms with Gasteiger partial charge in [0, 0.05) is 20.2 Å². The van der Waals surface area contributed by atoms with Crippen LogP contribution in [0.25, 0.3) is 0 Å². The SMILES string of the molecule is COCCNCC1(O)CCCS(=O)(=O)C1. The first-order valence-electron chi connectivity index (χ1n) is 5.10. The average Bonchev–Trinajstić information content (AvgIpc) is 2.10. The summed E-state index contributed by atoms with van der Waals surface area (Å²) in [5, 5.41) is 13.0. The van der Waals surface area contributed by atoms with E-state index in [1.54, 1.807) is 7.11 Å². The van der Waals surface area contributed by atoms with Gasteiger partial charge in [0.05, 0.1) is 23.7 Å². The molecule has 0 spiro atoms. The van der Waals surface area contributed by atoms with E-state index in [-0.39, 0.29) is 11.5 Å². The minimum Gasteiger partial charge on any atom is -0.388 e. The Bertz CT molecular complexity index is 290. The van der Waals surface area contributed by atoms with Crippen molar-refractivity contribution in [1.82, 2.24) is 5.32 Å². The molecule has 1 aliphatic heterocycles. The van der Waals surface area contributed by atoms with Crippen LogP contribution in [0.2, 0.25) is 0 Å². The van der Waals surface area contributed by atoms with E-state index in [1.807, 2.05) is 0 Å². The zero-order chi connectivity index (χ0) is 11.4. The molecule has 0 amide bonds. The van der Waals surface area contributed by atoms with Gasteiger partial charge in [-0.25, -0.2) is 8.42 Å². The van der Waals surface area contributed by atoms with Gasteiger partial charge < -0.3 is 15.2 Å². The summed E-state index contributed by atoms with van der Waals surface area (Å²) in [5.41, 5.74) is -1.09. The van der Waals surface area contributed by atoms with Gasteiger partial charge in [-0.1, -0.05) is 0 Å². The predicted octanol–water partition coefficient (Wildman–Crippen LogP) is -0.838. The zero-order valence-electron chi connectivity index (χ0n) is 9.03. The molecule has 1 atom stereocenters. The highest BCUT2D eigenvalue weighted by molar-refractivity contribution is 7.91. The lowest BCUT2D eigenvalue weighted by atomic mass is 10.00. The van der Waals surface area contributed by atoms with Crippen molar-refractivity contribution < 1.29 is 18.3 Å². The van der Waals surface area contributed by atoms with Gasteiger partial charge in [-0.2, -0.15) is 0 Å². The molecule has 90 valence electrons. The molecule has 0 saturated carbocycles. The molecule has 6 heteroatoms. The highest BCUT2D eigenvalue weighted by atomic mass is 32.2. The molecule has 0 bridgehead atoms. The summed E-state index contributed by atoms with van der Waals surface area (Å²) in [5.74, 6) is 0.0767. The Labute approximate surface area is 90.7 Å². The quantitative estimate of drug-likeness (QED) is 0.610. The zero-order valence-corrected chi connectivity index (χ0v) is 9.85. The normalized spacial score (nSPS) is 30.3. The van der Waals surface area contributed by atoms with Crippen LogP contribution >= 0.6 is 0 Å². The van der Waals surface area contributed by atoms with Crippen LogP contribution in [-0.4, -0.2) is 57.4 Å². The van der Waals surface area contributed by atoms with Crippen molar-refractivity contribution in [3.63, 3.8) is 0 Å². The molecule has 1 aliphatic rings. The van der Waals surface area contributed by atoms with E-state index in [0.717, 1.165) is 0 Å². The molecule has 1 unspecified atom stereocenters. The minimum absolute atomic E-state index is 0.125. The highest BCUT2D eigenvalue weighted by Gasteiger charge is 2.36. The van der Waals surface area contributed by atoms with Crippen molar-refractivity contribution in [3.8, 4) is 0 Å². The number of rotatable bonds is 5. The van der Waals surface area contributed by atoms with Crippen LogP contribution in [0.5, 0.6) is 0 Å². The minimum atomic E-state index is -3.05. The molecule has 0 aromatic heterocycles. The fourth-order valence-electron chi connectivity index (χ4n) is 1.81. The first kappa shape index (κ1) is 12.9. The lowest BCUT2D eigenvalue weighted by molar-refractivity contribution is 0.0481. The monoisotopic (exact) mass is 237 g/mol. The van der Waals surface area contributed by atoms with Crippen molar-refractivity contribution in [3.05, 3.63) is 0 Å². The topological polar surface area (TPSA) is 75.6 Å². The highest BCUT2D eigenvalue weighted by Crippen LogP contribution is 2.21. The summed E-state index contributed by atoms with van der Waals surface area (Å²) in [6.45, 7) is 1.50. The van der Waals surface area contributed by atoms with E-state index in [2.05, 4.69) is 5.32 Å². The third-order valence-corrected chi connectivity index (χ3v) is 4.41. The van der Waals surface area contributed by atoms with Crippen LogP contribution in [0.1, 0.15) is 12.8 Å². The first-order chi connectivity index (χ1) is 6.97. The second-order valence-corrected chi connectivity index (χ2v) is 6.27. The van der Waals surface area contributed by atoms with Gasteiger partial charge in [0.25, 0.3) is 0 Å². The first-order valence-corrected chi connectivity index (χ1v) is 6.92. The van der Waals surface area contributed by atoms with Crippen LogP contribution in [0.3, 0.4) is 0 Å². The molecule has 1 saturated heterocycles. The van der Waals surface area contributed by atoms with Crippen molar-refractivity contribution in [2.24, 2.45) is 0 Å². The van der Waals surface area contributed by atoms with Gasteiger partial charge in [-0.3, -0.25) is 0 Å². The molecule has 1 rings (SSSR count). The number of ether oxygens (including phenoxy) is 1. The summed E-state index contributed by atoms with van der Waals surface area (Å²) < 4.78 is 27.5. The molecule has 2 N–H and O–H groups in total. The molecular formula is C9H19NO4S. The lowest BCUT2D eigenvalue weighted by Gasteiger charge is -2.31. The molecule has 15 heavy (non-hydrogen) atoms. The summed E-state index contributed by atoms with van der Waals surface area (Å²) in [6, 6.07) is 0. The van der Waals surface area contributed by atoms with Gasteiger partial charge in [0.15, 0.2) is 9.84 Å². The summed E-state index contributed by atoms with van der Waals surface area (Å²) >= 11 is 0. The summed E-state index contributed by atoms with van der Waals surface area (Å²) in [7, 11) is -1.46. The van der Waals surface area contributed by atoms with Gasteiger partial charge >= 0.3 is 0 Å². The Morgan fingerprint density at radius 1 is 1.53 bits per heavy atom. The second kappa shape index (κ2) is 5.25.